The third-order valence-corrected chi connectivity index (χ3v) is 4.08. The number of pyridine rings is 1. The van der Waals surface area contributed by atoms with Gasteiger partial charge in [-0.25, -0.2) is 4.98 Å². The summed E-state index contributed by atoms with van der Waals surface area (Å²) in [4.78, 5) is 11.4. The number of nitrogens with one attached hydrogen (secondary N) is 1. The molecule has 0 spiro atoms. The maximum atomic E-state index is 4.73. The third kappa shape index (κ3) is 5.10. The second kappa shape index (κ2) is 8.10. The van der Waals surface area contributed by atoms with Gasteiger partial charge in [0.25, 0.3) is 0 Å². The van der Waals surface area contributed by atoms with Gasteiger partial charge in [-0.05, 0) is 31.5 Å². The molecule has 0 atom stereocenters. The van der Waals surface area contributed by atoms with Gasteiger partial charge in [-0.1, -0.05) is 19.9 Å². The van der Waals surface area contributed by atoms with Gasteiger partial charge < -0.3 is 10.2 Å². The Morgan fingerprint density at radius 1 is 1.29 bits per heavy atom. The normalized spacial score (nSPS) is 11.0. The number of anilines is 1. The molecule has 2 aromatic rings. The molecule has 5 heteroatoms. The fourth-order valence-electron chi connectivity index (χ4n) is 2.01. The monoisotopic (exact) mass is 304 g/mol. The Hall–Kier alpha value is -1.46. The minimum absolute atomic E-state index is 0.666. The van der Waals surface area contributed by atoms with Crippen LogP contribution in [0.1, 0.15) is 32.2 Å². The van der Waals surface area contributed by atoms with E-state index in [1.807, 2.05) is 18.3 Å². The van der Waals surface area contributed by atoms with Crippen molar-refractivity contribution in [2.24, 2.45) is 5.92 Å². The van der Waals surface area contributed by atoms with E-state index in [1.165, 1.54) is 0 Å². The average molecular weight is 304 g/mol. The van der Waals surface area contributed by atoms with Crippen LogP contribution in [-0.2, 0) is 13.1 Å². The van der Waals surface area contributed by atoms with E-state index in [1.54, 1.807) is 11.3 Å². The number of hydrogen-bond donors (Lipinski definition) is 1. The molecular weight excluding hydrogens is 280 g/mol. The summed E-state index contributed by atoms with van der Waals surface area (Å²) in [6.07, 6.45) is 1.84. The molecule has 0 amide bonds. The first kappa shape index (κ1) is 15.9. The summed E-state index contributed by atoms with van der Waals surface area (Å²) in [5.41, 5.74) is 2.20. The van der Waals surface area contributed by atoms with E-state index in [2.05, 4.69) is 47.4 Å². The first-order valence-electron chi connectivity index (χ1n) is 7.49. The van der Waals surface area contributed by atoms with Crippen LogP contribution in [0.2, 0.25) is 0 Å². The molecule has 0 aliphatic heterocycles. The summed E-state index contributed by atoms with van der Waals surface area (Å²) < 4.78 is 0. The van der Waals surface area contributed by atoms with Crippen molar-refractivity contribution in [3.63, 3.8) is 0 Å². The minimum atomic E-state index is 0.666. The van der Waals surface area contributed by atoms with Crippen LogP contribution in [0, 0.1) is 5.92 Å². The van der Waals surface area contributed by atoms with Gasteiger partial charge in [0.05, 0.1) is 17.9 Å². The van der Waals surface area contributed by atoms with Crippen LogP contribution in [0.4, 0.5) is 5.13 Å². The zero-order chi connectivity index (χ0) is 15.1. The zero-order valence-corrected chi connectivity index (χ0v) is 13.9. The second-order valence-electron chi connectivity index (χ2n) is 5.48. The van der Waals surface area contributed by atoms with E-state index in [-0.39, 0.29) is 0 Å². The Bertz CT molecular complexity index is 524. The highest BCUT2D eigenvalue weighted by Gasteiger charge is 2.10. The largest absolute Gasteiger partial charge is 0.342 e. The molecule has 0 aliphatic carbocycles. The van der Waals surface area contributed by atoms with Gasteiger partial charge in [-0.15, -0.1) is 11.3 Å². The van der Waals surface area contributed by atoms with Crippen LogP contribution in [0.25, 0.3) is 0 Å². The molecule has 0 radical (unpaired) electrons. The summed E-state index contributed by atoms with van der Waals surface area (Å²) in [5, 5.41) is 6.65. The number of rotatable bonds is 8. The highest BCUT2D eigenvalue weighted by Crippen LogP contribution is 2.21. The van der Waals surface area contributed by atoms with Crippen molar-refractivity contribution in [3.8, 4) is 0 Å². The lowest BCUT2D eigenvalue weighted by Gasteiger charge is -2.19. The van der Waals surface area contributed by atoms with Crippen molar-refractivity contribution in [1.29, 1.82) is 0 Å². The lowest BCUT2D eigenvalue weighted by molar-refractivity contribution is 0.549. The molecule has 21 heavy (non-hydrogen) atoms. The molecule has 2 heterocycles. The number of nitrogens with zero attached hydrogens (tertiary/aromatic N) is 3. The highest BCUT2D eigenvalue weighted by molar-refractivity contribution is 7.13. The molecule has 1 N–H and O–H groups in total. The van der Waals surface area contributed by atoms with Crippen molar-refractivity contribution in [1.82, 2.24) is 15.3 Å². The van der Waals surface area contributed by atoms with Crippen molar-refractivity contribution < 1.29 is 0 Å². The van der Waals surface area contributed by atoms with Crippen molar-refractivity contribution in [3.05, 3.63) is 41.2 Å². The molecule has 0 unspecified atom stereocenters. The Morgan fingerprint density at radius 3 is 2.81 bits per heavy atom. The van der Waals surface area contributed by atoms with E-state index in [0.717, 1.165) is 42.7 Å². The smallest absolute Gasteiger partial charge is 0.185 e. The van der Waals surface area contributed by atoms with E-state index < -0.39 is 0 Å². The lowest BCUT2D eigenvalue weighted by atomic mass is 10.2. The molecule has 4 nitrogen and oxygen atoms in total. The molecule has 2 rings (SSSR count). The summed E-state index contributed by atoms with van der Waals surface area (Å²) in [6.45, 7) is 10.2. The fraction of sp³-hybridized carbons (Fsp3) is 0.500. The molecule has 0 aliphatic rings. The molecule has 0 saturated carbocycles. The molecule has 0 saturated heterocycles. The van der Waals surface area contributed by atoms with Crippen LogP contribution < -0.4 is 10.2 Å². The van der Waals surface area contributed by atoms with E-state index in [4.69, 9.17) is 4.98 Å². The molecule has 114 valence electrons. The zero-order valence-electron chi connectivity index (χ0n) is 13.0. The van der Waals surface area contributed by atoms with Gasteiger partial charge in [0, 0.05) is 24.7 Å². The number of aromatic nitrogens is 2. The molecule has 0 aromatic carbocycles. The summed E-state index contributed by atoms with van der Waals surface area (Å²) in [6, 6.07) is 6.03. The van der Waals surface area contributed by atoms with E-state index in [9.17, 15) is 0 Å². The second-order valence-corrected chi connectivity index (χ2v) is 6.32. The van der Waals surface area contributed by atoms with Gasteiger partial charge in [-0.2, -0.15) is 0 Å². The molecule has 0 fully saturated rings. The van der Waals surface area contributed by atoms with Crippen LogP contribution in [0.15, 0.2) is 29.8 Å². The average Bonchev–Trinajstić information content (AvgIpc) is 2.94. The van der Waals surface area contributed by atoms with Crippen LogP contribution in [-0.4, -0.2) is 23.1 Å². The Morgan fingerprint density at radius 2 is 2.14 bits per heavy atom. The van der Waals surface area contributed by atoms with Crippen molar-refractivity contribution >= 4 is 16.5 Å². The van der Waals surface area contributed by atoms with Crippen molar-refractivity contribution in [2.75, 3.05) is 18.0 Å². The quantitative estimate of drug-likeness (QED) is 0.812. The molecule has 0 bridgehead atoms. The predicted octanol–water partition coefficient (Wildman–Crippen LogP) is 3.31. The van der Waals surface area contributed by atoms with Crippen LogP contribution in [0.5, 0.6) is 0 Å². The van der Waals surface area contributed by atoms with Crippen molar-refractivity contribution in [2.45, 2.75) is 33.9 Å². The Labute approximate surface area is 131 Å². The van der Waals surface area contributed by atoms with Gasteiger partial charge in [0.2, 0.25) is 0 Å². The summed E-state index contributed by atoms with van der Waals surface area (Å²) in [7, 11) is 0. The van der Waals surface area contributed by atoms with Gasteiger partial charge in [0.1, 0.15) is 0 Å². The van der Waals surface area contributed by atoms with Gasteiger partial charge >= 0.3 is 0 Å². The molecule has 2 aromatic heterocycles. The van der Waals surface area contributed by atoms with E-state index in [0.29, 0.717) is 5.92 Å². The lowest BCUT2D eigenvalue weighted by Crippen LogP contribution is -2.23. The van der Waals surface area contributed by atoms with E-state index >= 15 is 0 Å². The Kier molecular flexibility index (Phi) is 6.14. The minimum Gasteiger partial charge on any atom is -0.342 e. The number of hydrogen-bond acceptors (Lipinski definition) is 5. The fourth-order valence-corrected chi connectivity index (χ4v) is 2.90. The highest BCUT2D eigenvalue weighted by atomic mass is 32.1. The first-order valence-corrected chi connectivity index (χ1v) is 8.37. The van der Waals surface area contributed by atoms with Crippen LogP contribution >= 0.6 is 11.3 Å². The topological polar surface area (TPSA) is 41.1 Å². The molecular formula is C16H24N4S. The standard InChI is InChI=1S/C16H24N4S/c1-4-20(11-14-7-5-6-8-18-14)16-19-15(12-21-16)10-17-9-13(2)3/h5-8,12-13,17H,4,9-11H2,1-3H3. The summed E-state index contributed by atoms with van der Waals surface area (Å²) >= 11 is 1.71. The summed E-state index contributed by atoms with van der Waals surface area (Å²) in [5.74, 6) is 0.666. The Balaban J connectivity index is 1.94. The number of thiazole rings is 1. The maximum Gasteiger partial charge on any atom is 0.185 e. The van der Waals surface area contributed by atoms with Crippen LogP contribution in [0.3, 0.4) is 0 Å². The third-order valence-electron chi connectivity index (χ3n) is 3.13. The predicted molar refractivity (Wildman–Crippen MR) is 89.6 cm³/mol. The van der Waals surface area contributed by atoms with Gasteiger partial charge in [0.15, 0.2) is 5.13 Å². The maximum absolute atomic E-state index is 4.73. The SMILES string of the molecule is CCN(Cc1ccccn1)c1nc(CNCC(C)C)cs1. The van der Waals surface area contributed by atoms with Gasteiger partial charge in [-0.3, -0.25) is 4.98 Å². The first-order chi connectivity index (χ1) is 10.2.